The van der Waals surface area contributed by atoms with Crippen LogP contribution >= 0.6 is 38.5 Å². The fourth-order valence-corrected chi connectivity index (χ4v) is 2.62. The summed E-state index contributed by atoms with van der Waals surface area (Å²) in [7, 11) is 0. The zero-order valence-corrected chi connectivity index (χ0v) is 10.0. The maximum Gasteiger partial charge on any atom is 0.274 e. The maximum atomic E-state index is 13.0. The highest BCUT2D eigenvalue weighted by Crippen LogP contribution is 2.27. The van der Waals surface area contributed by atoms with E-state index in [0.717, 1.165) is 6.07 Å². The van der Waals surface area contributed by atoms with Crippen molar-refractivity contribution in [3.8, 4) is 0 Å². The van der Waals surface area contributed by atoms with Gasteiger partial charge in [-0.25, -0.2) is 4.39 Å². The van der Waals surface area contributed by atoms with Crippen LogP contribution in [0.25, 0.3) is 0 Å². The van der Waals surface area contributed by atoms with Gasteiger partial charge in [-0.2, -0.15) is 0 Å². The molecule has 0 atom stereocenters. The largest absolute Gasteiger partial charge is 0.274 e. The Morgan fingerprint density at radius 3 is 2.69 bits per heavy atom. The second-order valence-electron chi connectivity index (χ2n) is 2.25. The molecule has 1 rings (SSSR count). The van der Waals surface area contributed by atoms with Gasteiger partial charge in [0.1, 0.15) is 5.82 Å². The van der Waals surface area contributed by atoms with Crippen LogP contribution in [0.15, 0.2) is 12.1 Å². The summed E-state index contributed by atoms with van der Waals surface area (Å²) in [6.07, 6.45) is 0. The Morgan fingerprint density at radius 1 is 1.62 bits per heavy atom. The Hall–Kier alpha value is -0.240. The van der Waals surface area contributed by atoms with Crippen LogP contribution in [0.2, 0.25) is 0 Å². The molecule has 0 aromatic heterocycles. The molecule has 0 spiro atoms. The first kappa shape index (κ1) is 10.8. The van der Waals surface area contributed by atoms with Crippen molar-refractivity contribution in [3.05, 3.63) is 37.2 Å². The summed E-state index contributed by atoms with van der Waals surface area (Å²) < 4.78 is 13.3. The lowest BCUT2D eigenvalue weighted by Gasteiger charge is -2.02. The third-order valence-electron chi connectivity index (χ3n) is 1.50. The van der Waals surface area contributed by atoms with Crippen molar-refractivity contribution < 1.29 is 9.31 Å². The number of hydrogen-bond donors (Lipinski definition) is 0. The van der Waals surface area contributed by atoms with E-state index in [-0.39, 0.29) is 11.0 Å². The van der Waals surface area contributed by atoms with Gasteiger partial charge in [-0.1, -0.05) is 15.9 Å². The summed E-state index contributed by atoms with van der Waals surface area (Å²) in [6, 6.07) is 2.28. The van der Waals surface area contributed by atoms with Gasteiger partial charge in [0, 0.05) is 11.4 Å². The molecule has 0 aliphatic heterocycles. The topological polar surface area (TPSA) is 43.1 Å². The van der Waals surface area contributed by atoms with E-state index >= 15 is 0 Å². The summed E-state index contributed by atoms with van der Waals surface area (Å²) in [4.78, 5) is 9.99. The number of halogens is 3. The van der Waals surface area contributed by atoms with E-state index in [1.54, 1.807) is 22.6 Å². The van der Waals surface area contributed by atoms with Crippen LogP contribution in [0, 0.1) is 19.5 Å². The van der Waals surface area contributed by atoms with Crippen molar-refractivity contribution in [1.29, 1.82) is 0 Å². The van der Waals surface area contributed by atoms with Crippen LogP contribution in [0.4, 0.5) is 10.1 Å². The number of nitrogens with zero attached hydrogens (tertiary/aromatic N) is 1. The highest BCUT2D eigenvalue weighted by atomic mass is 127. The Labute approximate surface area is 95.7 Å². The first-order chi connectivity index (χ1) is 6.07. The first-order valence-electron chi connectivity index (χ1n) is 3.25. The molecule has 13 heavy (non-hydrogen) atoms. The summed E-state index contributed by atoms with van der Waals surface area (Å²) in [5.74, 6) is -0.430. The zero-order valence-electron chi connectivity index (χ0n) is 6.26. The van der Waals surface area contributed by atoms with Gasteiger partial charge >= 0.3 is 0 Å². The monoisotopic (exact) mass is 359 g/mol. The molecule has 0 amide bonds. The van der Waals surface area contributed by atoms with E-state index < -0.39 is 10.7 Å². The third-order valence-corrected chi connectivity index (χ3v) is 3.23. The van der Waals surface area contributed by atoms with Gasteiger partial charge < -0.3 is 0 Å². The number of hydrogen-bond acceptors (Lipinski definition) is 2. The number of rotatable bonds is 2. The van der Waals surface area contributed by atoms with Crippen molar-refractivity contribution in [2.24, 2.45) is 0 Å². The van der Waals surface area contributed by atoms with Crippen LogP contribution < -0.4 is 0 Å². The lowest BCUT2D eigenvalue weighted by molar-refractivity contribution is -0.385. The maximum absolute atomic E-state index is 13.0. The van der Waals surface area contributed by atoms with E-state index in [0.29, 0.717) is 9.13 Å². The minimum Gasteiger partial charge on any atom is -0.258 e. The van der Waals surface area contributed by atoms with Crippen LogP contribution in [-0.4, -0.2) is 4.92 Å². The van der Waals surface area contributed by atoms with Gasteiger partial charge in [0.15, 0.2) is 0 Å². The van der Waals surface area contributed by atoms with Crippen molar-refractivity contribution in [3.63, 3.8) is 0 Å². The molecule has 0 N–H and O–H groups in total. The molecule has 0 unspecified atom stereocenters. The van der Waals surface area contributed by atoms with Crippen molar-refractivity contribution >= 4 is 44.2 Å². The minimum absolute atomic E-state index is 0.0531. The highest BCUT2D eigenvalue weighted by molar-refractivity contribution is 14.1. The number of nitro benzene ring substituents is 1. The van der Waals surface area contributed by atoms with Gasteiger partial charge in [-0.05, 0) is 28.7 Å². The van der Waals surface area contributed by atoms with Gasteiger partial charge in [0.25, 0.3) is 5.69 Å². The SMILES string of the molecule is O=[N+]([O-])c1ccc(F)c(I)c1CBr. The Kier molecular flexibility index (Phi) is 3.60. The predicted molar refractivity (Wildman–Crippen MR) is 58.4 cm³/mol. The fraction of sp³-hybridized carbons (Fsp3) is 0.143. The molecular weight excluding hydrogens is 356 g/mol. The van der Waals surface area contributed by atoms with Crippen LogP contribution in [0.5, 0.6) is 0 Å². The van der Waals surface area contributed by atoms with E-state index in [4.69, 9.17) is 0 Å². The molecule has 1 aromatic carbocycles. The molecule has 70 valence electrons. The van der Waals surface area contributed by atoms with Crippen LogP contribution in [-0.2, 0) is 5.33 Å². The van der Waals surface area contributed by atoms with Crippen molar-refractivity contribution in [2.45, 2.75) is 5.33 Å². The second-order valence-corrected chi connectivity index (χ2v) is 3.89. The highest BCUT2D eigenvalue weighted by Gasteiger charge is 2.17. The summed E-state index contributed by atoms with van der Waals surface area (Å²) in [5, 5.41) is 10.8. The van der Waals surface area contributed by atoms with E-state index in [2.05, 4.69) is 15.9 Å². The normalized spacial score (nSPS) is 10.1. The lowest BCUT2D eigenvalue weighted by atomic mass is 10.2. The minimum atomic E-state index is -0.516. The number of alkyl halides is 1. The molecule has 0 bridgehead atoms. The van der Waals surface area contributed by atoms with Gasteiger partial charge in [-0.3, -0.25) is 10.1 Å². The molecule has 0 aliphatic carbocycles. The molecule has 0 saturated heterocycles. The molecule has 0 heterocycles. The molecule has 0 aliphatic rings. The molecule has 3 nitrogen and oxygen atoms in total. The second kappa shape index (κ2) is 4.32. The lowest BCUT2D eigenvalue weighted by Crippen LogP contribution is -1.98. The molecule has 0 saturated carbocycles. The van der Waals surface area contributed by atoms with Crippen LogP contribution in [0.3, 0.4) is 0 Å². The smallest absolute Gasteiger partial charge is 0.258 e. The quantitative estimate of drug-likeness (QED) is 0.352. The Morgan fingerprint density at radius 2 is 2.23 bits per heavy atom. The first-order valence-corrected chi connectivity index (χ1v) is 5.45. The molecule has 1 aromatic rings. The number of nitro groups is 1. The van der Waals surface area contributed by atoms with Gasteiger partial charge in [0.2, 0.25) is 0 Å². The summed E-state index contributed by atoms with van der Waals surface area (Å²) in [5.41, 5.74) is 0.327. The van der Waals surface area contributed by atoms with Crippen LogP contribution in [0.1, 0.15) is 5.56 Å². The summed E-state index contributed by atoms with van der Waals surface area (Å²) in [6.45, 7) is 0. The Bertz CT molecular complexity index is 359. The van der Waals surface area contributed by atoms with Crippen molar-refractivity contribution in [1.82, 2.24) is 0 Å². The average molecular weight is 360 g/mol. The Balaban J connectivity index is 3.38. The predicted octanol–water partition coefficient (Wildman–Crippen LogP) is 3.23. The van der Waals surface area contributed by atoms with E-state index in [1.165, 1.54) is 6.07 Å². The van der Waals surface area contributed by atoms with E-state index in [1.807, 2.05) is 0 Å². The molecule has 0 fully saturated rings. The van der Waals surface area contributed by atoms with Gasteiger partial charge in [0.05, 0.1) is 14.1 Å². The zero-order chi connectivity index (χ0) is 10.0. The third kappa shape index (κ3) is 2.16. The molecule has 0 radical (unpaired) electrons. The van der Waals surface area contributed by atoms with E-state index in [9.17, 15) is 14.5 Å². The molecular formula is C7H4BrFINO2. The molecule has 6 heteroatoms. The van der Waals surface area contributed by atoms with Gasteiger partial charge in [-0.15, -0.1) is 0 Å². The summed E-state index contributed by atoms with van der Waals surface area (Å²) >= 11 is 4.84. The number of benzene rings is 1. The fourth-order valence-electron chi connectivity index (χ4n) is 0.881. The average Bonchev–Trinajstić information content (AvgIpc) is 2.09. The van der Waals surface area contributed by atoms with Crippen molar-refractivity contribution in [2.75, 3.05) is 0 Å². The standard InChI is InChI=1S/C7H4BrFINO2/c8-3-4-6(11(12)13)2-1-5(9)7(4)10/h1-2H,3H2.